The average molecular weight is 525 g/mol. The molecule has 7 nitrogen and oxygen atoms in total. The second-order valence-electron chi connectivity index (χ2n) is 9.49. The number of ether oxygens (including phenoxy) is 1. The molecular formula is C33H28N6O. The number of rotatable bonds is 7. The molecular weight excluding hydrogens is 496 g/mol. The summed E-state index contributed by atoms with van der Waals surface area (Å²) in [4.78, 5) is 18.0. The van der Waals surface area contributed by atoms with Gasteiger partial charge in [-0.15, -0.1) is 0 Å². The minimum absolute atomic E-state index is 0.471. The fraction of sp³-hybridized carbons (Fsp3) is 0.0909. The molecule has 7 heteroatoms. The molecule has 0 bridgehead atoms. The van der Waals surface area contributed by atoms with Crippen LogP contribution in [0.3, 0.4) is 0 Å². The molecule has 0 amide bonds. The van der Waals surface area contributed by atoms with E-state index in [-0.39, 0.29) is 0 Å². The number of fused-ring (bicyclic) bond motifs is 1. The molecule has 0 atom stereocenters. The predicted molar refractivity (Wildman–Crippen MR) is 161 cm³/mol. The second kappa shape index (κ2) is 10.8. The van der Waals surface area contributed by atoms with Gasteiger partial charge in [0, 0.05) is 42.3 Å². The topological polar surface area (TPSA) is 84.9 Å². The molecule has 0 saturated carbocycles. The zero-order valence-corrected chi connectivity index (χ0v) is 22.5. The second-order valence-corrected chi connectivity index (χ2v) is 9.49. The molecule has 3 aromatic carbocycles. The minimum atomic E-state index is 0.471. The summed E-state index contributed by atoms with van der Waals surface area (Å²) >= 11 is 0. The van der Waals surface area contributed by atoms with Crippen LogP contribution in [0.4, 0.5) is 17.5 Å². The number of nitrogens with one attached hydrogen (secondary N) is 2. The predicted octanol–water partition coefficient (Wildman–Crippen LogP) is 7.95. The van der Waals surface area contributed by atoms with Gasteiger partial charge in [-0.05, 0) is 78.4 Å². The SMILES string of the molecule is CNc1nccc(-c2cccnc2Oc2ccc(Nc3ncc(-c4ccc(C)c(C)c4)c4ccccc34)cc2)n1. The Hall–Kier alpha value is -5.30. The van der Waals surface area contributed by atoms with Crippen molar-refractivity contribution in [1.82, 2.24) is 19.9 Å². The molecule has 2 N–H and O–H groups in total. The van der Waals surface area contributed by atoms with Crippen LogP contribution in [0, 0.1) is 13.8 Å². The van der Waals surface area contributed by atoms with E-state index in [4.69, 9.17) is 9.72 Å². The van der Waals surface area contributed by atoms with Crippen LogP contribution < -0.4 is 15.4 Å². The molecule has 0 aliphatic heterocycles. The van der Waals surface area contributed by atoms with Crippen LogP contribution in [-0.2, 0) is 0 Å². The van der Waals surface area contributed by atoms with Crippen LogP contribution in [0.2, 0.25) is 0 Å². The van der Waals surface area contributed by atoms with Crippen molar-refractivity contribution in [3.05, 3.63) is 115 Å². The third kappa shape index (κ3) is 5.05. The van der Waals surface area contributed by atoms with E-state index >= 15 is 0 Å². The van der Waals surface area contributed by atoms with Crippen molar-refractivity contribution in [2.75, 3.05) is 17.7 Å². The molecule has 6 aromatic rings. The fourth-order valence-corrected chi connectivity index (χ4v) is 4.58. The Balaban J connectivity index is 1.25. The summed E-state index contributed by atoms with van der Waals surface area (Å²) in [5, 5.41) is 8.65. The summed E-state index contributed by atoms with van der Waals surface area (Å²) in [5.74, 6) is 2.47. The van der Waals surface area contributed by atoms with Gasteiger partial charge >= 0.3 is 0 Å². The lowest BCUT2D eigenvalue weighted by Gasteiger charge is -2.14. The van der Waals surface area contributed by atoms with Gasteiger partial charge in [0.1, 0.15) is 11.6 Å². The minimum Gasteiger partial charge on any atom is -0.438 e. The highest BCUT2D eigenvalue weighted by molar-refractivity contribution is 6.02. The third-order valence-electron chi connectivity index (χ3n) is 6.87. The summed E-state index contributed by atoms with van der Waals surface area (Å²) in [6.07, 6.45) is 5.35. The maximum absolute atomic E-state index is 6.16. The first-order valence-corrected chi connectivity index (χ1v) is 13.1. The molecule has 3 heterocycles. The lowest BCUT2D eigenvalue weighted by molar-refractivity contribution is 0.465. The third-order valence-corrected chi connectivity index (χ3v) is 6.87. The number of anilines is 3. The summed E-state index contributed by atoms with van der Waals surface area (Å²) in [6.45, 7) is 4.27. The first-order chi connectivity index (χ1) is 19.6. The van der Waals surface area contributed by atoms with E-state index in [0.29, 0.717) is 17.6 Å². The highest BCUT2D eigenvalue weighted by atomic mass is 16.5. The lowest BCUT2D eigenvalue weighted by Crippen LogP contribution is -1.98. The molecule has 40 heavy (non-hydrogen) atoms. The lowest BCUT2D eigenvalue weighted by atomic mass is 9.97. The van der Waals surface area contributed by atoms with Gasteiger partial charge < -0.3 is 15.4 Å². The highest BCUT2D eigenvalue weighted by Crippen LogP contribution is 2.35. The van der Waals surface area contributed by atoms with Crippen molar-refractivity contribution in [2.45, 2.75) is 13.8 Å². The van der Waals surface area contributed by atoms with Gasteiger partial charge in [0.2, 0.25) is 11.8 Å². The Labute approximate surface area is 233 Å². The van der Waals surface area contributed by atoms with E-state index in [1.54, 1.807) is 19.4 Å². The molecule has 3 aromatic heterocycles. The van der Waals surface area contributed by atoms with Crippen LogP contribution in [0.25, 0.3) is 33.2 Å². The number of hydrogen-bond donors (Lipinski definition) is 2. The maximum atomic E-state index is 6.16. The summed E-state index contributed by atoms with van der Waals surface area (Å²) < 4.78 is 6.16. The van der Waals surface area contributed by atoms with Gasteiger partial charge in [-0.25, -0.2) is 19.9 Å². The molecule has 196 valence electrons. The number of aryl methyl sites for hydroxylation is 2. The van der Waals surface area contributed by atoms with Gasteiger partial charge in [0.15, 0.2) is 0 Å². The molecule has 0 fully saturated rings. The number of pyridine rings is 2. The highest BCUT2D eigenvalue weighted by Gasteiger charge is 2.13. The van der Waals surface area contributed by atoms with Crippen molar-refractivity contribution in [1.29, 1.82) is 0 Å². The fourth-order valence-electron chi connectivity index (χ4n) is 4.58. The number of aromatic nitrogens is 4. The van der Waals surface area contributed by atoms with Gasteiger partial charge in [-0.2, -0.15) is 0 Å². The Bertz CT molecular complexity index is 1820. The van der Waals surface area contributed by atoms with E-state index in [1.165, 1.54) is 11.1 Å². The molecule has 0 radical (unpaired) electrons. The van der Waals surface area contributed by atoms with Gasteiger partial charge in [0.05, 0.1) is 11.3 Å². The standard InChI is InChI=1S/C33H28N6O/c1-21-10-11-23(19-22(21)2)29-20-37-31(27-8-5-4-7-26(27)29)38-24-12-14-25(15-13-24)40-32-28(9-6-17-35-32)30-16-18-36-33(34-3)39-30/h4-20H,1-3H3,(H,37,38)(H,34,36,39). The smallest absolute Gasteiger partial charge is 0.228 e. The Morgan fingerprint density at radius 3 is 2.33 bits per heavy atom. The molecule has 6 rings (SSSR count). The van der Waals surface area contributed by atoms with Crippen LogP contribution in [-0.4, -0.2) is 27.0 Å². The Morgan fingerprint density at radius 2 is 1.52 bits per heavy atom. The Kier molecular flexibility index (Phi) is 6.77. The van der Waals surface area contributed by atoms with Crippen molar-refractivity contribution in [3.63, 3.8) is 0 Å². The first-order valence-electron chi connectivity index (χ1n) is 13.1. The van der Waals surface area contributed by atoms with Crippen LogP contribution >= 0.6 is 0 Å². The van der Waals surface area contributed by atoms with E-state index in [0.717, 1.165) is 44.7 Å². The summed E-state index contributed by atoms with van der Waals surface area (Å²) in [7, 11) is 1.78. The van der Waals surface area contributed by atoms with Gasteiger partial charge in [0.25, 0.3) is 0 Å². The normalized spacial score (nSPS) is 10.9. The van der Waals surface area contributed by atoms with Crippen molar-refractivity contribution in [2.24, 2.45) is 0 Å². The zero-order chi connectivity index (χ0) is 27.5. The van der Waals surface area contributed by atoms with Crippen molar-refractivity contribution in [3.8, 4) is 34.0 Å². The monoisotopic (exact) mass is 524 g/mol. The van der Waals surface area contributed by atoms with Crippen LogP contribution in [0.1, 0.15) is 11.1 Å². The zero-order valence-electron chi connectivity index (χ0n) is 22.5. The molecule has 0 unspecified atom stereocenters. The molecule has 0 spiro atoms. The van der Waals surface area contributed by atoms with E-state index in [2.05, 4.69) is 75.8 Å². The summed E-state index contributed by atoms with van der Waals surface area (Å²) in [5.41, 5.74) is 7.24. The largest absolute Gasteiger partial charge is 0.438 e. The number of nitrogens with zero attached hydrogens (tertiary/aromatic N) is 4. The van der Waals surface area contributed by atoms with Crippen LogP contribution in [0.15, 0.2) is 104 Å². The first kappa shape index (κ1) is 25.0. The van der Waals surface area contributed by atoms with Gasteiger partial charge in [-0.3, -0.25) is 0 Å². The molecule has 0 aliphatic rings. The molecule has 0 aliphatic carbocycles. The van der Waals surface area contributed by atoms with E-state index < -0.39 is 0 Å². The quantitative estimate of drug-likeness (QED) is 0.219. The average Bonchev–Trinajstić information content (AvgIpc) is 3.00. The Morgan fingerprint density at radius 1 is 0.700 bits per heavy atom. The van der Waals surface area contributed by atoms with E-state index in [9.17, 15) is 0 Å². The number of benzene rings is 3. The number of hydrogen-bond acceptors (Lipinski definition) is 7. The van der Waals surface area contributed by atoms with Gasteiger partial charge in [-0.1, -0.05) is 42.5 Å². The molecule has 0 saturated heterocycles. The maximum Gasteiger partial charge on any atom is 0.228 e. The van der Waals surface area contributed by atoms with Crippen molar-refractivity contribution < 1.29 is 4.74 Å². The summed E-state index contributed by atoms with van der Waals surface area (Å²) in [6, 6.07) is 28.3. The van der Waals surface area contributed by atoms with E-state index in [1.807, 2.05) is 54.7 Å². The van der Waals surface area contributed by atoms with Crippen LogP contribution in [0.5, 0.6) is 11.6 Å². The van der Waals surface area contributed by atoms with Crippen molar-refractivity contribution >= 4 is 28.2 Å².